The highest BCUT2D eigenvalue weighted by Crippen LogP contribution is 2.11. The summed E-state index contributed by atoms with van der Waals surface area (Å²) < 4.78 is 1.84. The van der Waals surface area contributed by atoms with Crippen LogP contribution in [0.3, 0.4) is 0 Å². The Morgan fingerprint density at radius 2 is 2.38 bits per heavy atom. The van der Waals surface area contributed by atoms with Crippen LogP contribution in [0, 0.1) is 6.33 Å². The average Bonchev–Trinajstić information content (AvgIpc) is 2.67. The molecule has 65 valence electrons. The van der Waals surface area contributed by atoms with Crippen molar-refractivity contribution in [3.8, 4) is 11.5 Å². The van der Waals surface area contributed by atoms with Crippen molar-refractivity contribution in [3.05, 3.63) is 30.7 Å². The van der Waals surface area contributed by atoms with Crippen LogP contribution in [0.2, 0.25) is 0 Å². The van der Waals surface area contributed by atoms with E-state index in [0.29, 0.717) is 0 Å². The van der Waals surface area contributed by atoms with E-state index in [9.17, 15) is 0 Å². The van der Waals surface area contributed by atoms with E-state index in [1.807, 2.05) is 29.7 Å². The summed E-state index contributed by atoms with van der Waals surface area (Å²) in [7, 11) is 0. The van der Waals surface area contributed by atoms with E-state index in [1.54, 1.807) is 6.20 Å². The summed E-state index contributed by atoms with van der Waals surface area (Å²) in [6.07, 6.45) is 4.51. The minimum absolute atomic E-state index is 0.767. The van der Waals surface area contributed by atoms with E-state index in [2.05, 4.69) is 21.5 Å². The standard InChI is InChI=1S/C9H9N4/c1-2-13-7-11-12-9(13)8-5-3-4-6-10-8/h3-6H,2H2,1H3. The van der Waals surface area contributed by atoms with E-state index < -0.39 is 0 Å². The lowest BCUT2D eigenvalue weighted by molar-refractivity contribution is 0.758. The van der Waals surface area contributed by atoms with Crippen molar-refractivity contribution in [3.63, 3.8) is 0 Å². The number of hydrogen-bond donors (Lipinski definition) is 0. The molecule has 1 radical (unpaired) electrons. The third-order valence-corrected chi connectivity index (χ3v) is 1.78. The molecule has 0 aliphatic heterocycles. The van der Waals surface area contributed by atoms with Crippen LogP contribution >= 0.6 is 0 Å². The van der Waals surface area contributed by atoms with Gasteiger partial charge in [0.15, 0.2) is 5.82 Å². The van der Waals surface area contributed by atoms with Crippen LogP contribution in [-0.2, 0) is 6.54 Å². The van der Waals surface area contributed by atoms with Gasteiger partial charge in [-0.3, -0.25) is 4.98 Å². The van der Waals surface area contributed by atoms with Crippen LogP contribution in [0.5, 0.6) is 0 Å². The maximum Gasteiger partial charge on any atom is 0.202 e. The molecule has 2 aromatic heterocycles. The lowest BCUT2D eigenvalue weighted by atomic mass is 10.3. The van der Waals surface area contributed by atoms with Gasteiger partial charge in [0, 0.05) is 12.7 Å². The third-order valence-electron chi connectivity index (χ3n) is 1.78. The first-order chi connectivity index (χ1) is 6.42. The first kappa shape index (κ1) is 7.91. The van der Waals surface area contributed by atoms with Crippen molar-refractivity contribution in [2.24, 2.45) is 0 Å². The smallest absolute Gasteiger partial charge is 0.202 e. The van der Waals surface area contributed by atoms with Gasteiger partial charge in [-0.2, -0.15) is 0 Å². The van der Waals surface area contributed by atoms with Gasteiger partial charge >= 0.3 is 0 Å². The molecule has 0 saturated heterocycles. The molecule has 0 unspecified atom stereocenters. The fraction of sp³-hybridized carbons (Fsp3) is 0.222. The molecule has 0 amide bonds. The molecular weight excluding hydrogens is 164 g/mol. The Kier molecular flexibility index (Phi) is 2.04. The Morgan fingerprint density at radius 1 is 1.46 bits per heavy atom. The molecule has 2 heterocycles. The van der Waals surface area contributed by atoms with Gasteiger partial charge in [-0.1, -0.05) is 6.07 Å². The Bertz CT molecular complexity index is 380. The highest BCUT2D eigenvalue weighted by Gasteiger charge is 2.05. The Balaban J connectivity index is 2.47. The van der Waals surface area contributed by atoms with Gasteiger partial charge in [-0.15, -0.1) is 10.2 Å². The molecular formula is C9H9N4. The van der Waals surface area contributed by atoms with Gasteiger partial charge in [-0.25, -0.2) is 0 Å². The number of nitrogens with zero attached hydrogens (tertiary/aromatic N) is 4. The lowest BCUT2D eigenvalue weighted by Gasteiger charge is -2.00. The molecule has 0 atom stereocenters. The summed E-state index contributed by atoms with van der Waals surface area (Å²) in [5.41, 5.74) is 0.832. The monoisotopic (exact) mass is 173 g/mol. The zero-order valence-electron chi connectivity index (χ0n) is 7.31. The minimum Gasteiger partial charge on any atom is -0.303 e. The molecule has 0 aromatic carbocycles. The molecule has 0 bridgehead atoms. The van der Waals surface area contributed by atoms with Crippen molar-refractivity contribution < 1.29 is 0 Å². The predicted octanol–water partition coefficient (Wildman–Crippen LogP) is 1.16. The topological polar surface area (TPSA) is 43.6 Å². The third kappa shape index (κ3) is 1.42. The maximum atomic E-state index is 4.19. The molecule has 0 spiro atoms. The molecule has 4 heteroatoms. The van der Waals surface area contributed by atoms with E-state index >= 15 is 0 Å². The second kappa shape index (κ2) is 3.35. The summed E-state index contributed by atoms with van der Waals surface area (Å²) in [5.74, 6) is 0.767. The van der Waals surface area contributed by atoms with Crippen molar-refractivity contribution in [2.45, 2.75) is 13.5 Å². The molecule has 0 N–H and O–H groups in total. The number of hydrogen-bond acceptors (Lipinski definition) is 3. The van der Waals surface area contributed by atoms with Crippen molar-refractivity contribution >= 4 is 0 Å². The Labute approximate surface area is 76.3 Å². The molecule has 13 heavy (non-hydrogen) atoms. The van der Waals surface area contributed by atoms with Gasteiger partial charge in [0.2, 0.25) is 6.33 Å². The summed E-state index contributed by atoms with van der Waals surface area (Å²) in [5, 5.41) is 7.67. The zero-order chi connectivity index (χ0) is 9.10. The largest absolute Gasteiger partial charge is 0.303 e. The van der Waals surface area contributed by atoms with Crippen molar-refractivity contribution in [1.82, 2.24) is 19.7 Å². The number of aryl methyl sites for hydroxylation is 1. The summed E-state index contributed by atoms with van der Waals surface area (Å²) >= 11 is 0. The van der Waals surface area contributed by atoms with Crippen LogP contribution < -0.4 is 0 Å². The highest BCUT2D eigenvalue weighted by molar-refractivity contribution is 5.47. The second-order valence-corrected chi connectivity index (χ2v) is 2.58. The van der Waals surface area contributed by atoms with Crippen LogP contribution in [0.4, 0.5) is 0 Å². The molecule has 0 fully saturated rings. The van der Waals surface area contributed by atoms with Crippen LogP contribution in [-0.4, -0.2) is 19.7 Å². The van der Waals surface area contributed by atoms with Gasteiger partial charge in [0.25, 0.3) is 0 Å². The van der Waals surface area contributed by atoms with Crippen molar-refractivity contribution in [1.29, 1.82) is 0 Å². The SMILES string of the molecule is CCn1[c]nnc1-c1ccccn1. The highest BCUT2D eigenvalue weighted by atomic mass is 15.3. The summed E-state index contributed by atoms with van der Waals surface area (Å²) in [6, 6.07) is 5.71. The van der Waals surface area contributed by atoms with E-state index in [0.717, 1.165) is 18.1 Å². The lowest BCUT2D eigenvalue weighted by Crippen LogP contribution is -1.97. The zero-order valence-corrected chi connectivity index (χ0v) is 7.31. The minimum atomic E-state index is 0.767. The molecule has 0 saturated carbocycles. The first-order valence-electron chi connectivity index (χ1n) is 4.14. The van der Waals surface area contributed by atoms with Crippen LogP contribution in [0.15, 0.2) is 24.4 Å². The van der Waals surface area contributed by atoms with E-state index in [4.69, 9.17) is 0 Å². The molecule has 2 aromatic rings. The fourth-order valence-corrected chi connectivity index (χ4v) is 1.13. The molecule has 0 aliphatic rings. The van der Waals surface area contributed by atoms with Crippen LogP contribution in [0.25, 0.3) is 11.5 Å². The first-order valence-corrected chi connectivity index (χ1v) is 4.14. The summed E-state index contributed by atoms with van der Waals surface area (Å²) in [4.78, 5) is 4.19. The maximum absolute atomic E-state index is 4.19. The molecule has 4 nitrogen and oxygen atoms in total. The molecule has 2 rings (SSSR count). The van der Waals surface area contributed by atoms with E-state index in [1.165, 1.54) is 0 Å². The number of pyridine rings is 1. The van der Waals surface area contributed by atoms with Crippen LogP contribution in [0.1, 0.15) is 6.92 Å². The van der Waals surface area contributed by atoms with Gasteiger partial charge in [0.1, 0.15) is 5.69 Å². The molecule has 0 aliphatic carbocycles. The van der Waals surface area contributed by atoms with Gasteiger partial charge < -0.3 is 4.57 Å². The second-order valence-electron chi connectivity index (χ2n) is 2.58. The predicted molar refractivity (Wildman–Crippen MR) is 47.8 cm³/mol. The number of aromatic nitrogens is 4. The summed E-state index contributed by atoms with van der Waals surface area (Å²) in [6.45, 7) is 2.82. The van der Waals surface area contributed by atoms with E-state index in [-0.39, 0.29) is 0 Å². The number of rotatable bonds is 2. The van der Waals surface area contributed by atoms with Gasteiger partial charge in [-0.05, 0) is 19.1 Å². The Morgan fingerprint density at radius 3 is 3.08 bits per heavy atom. The fourth-order valence-electron chi connectivity index (χ4n) is 1.13. The Hall–Kier alpha value is -1.71. The average molecular weight is 173 g/mol. The van der Waals surface area contributed by atoms with Crippen molar-refractivity contribution in [2.75, 3.05) is 0 Å². The van der Waals surface area contributed by atoms with Gasteiger partial charge in [0.05, 0.1) is 0 Å². The normalized spacial score (nSPS) is 10.2. The quantitative estimate of drug-likeness (QED) is 0.684.